The van der Waals surface area contributed by atoms with Crippen molar-refractivity contribution in [1.29, 1.82) is 0 Å². The molecule has 0 radical (unpaired) electrons. The highest BCUT2D eigenvalue weighted by atomic mass is 16.3. The van der Waals surface area contributed by atoms with Crippen molar-refractivity contribution in [3.05, 3.63) is 18.4 Å². The lowest BCUT2D eigenvalue weighted by molar-refractivity contribution is 0.241. The quantitative estimate of drug-likeness (QED) is 0.691. The molecular weight excluding hydrogens is 164 g/mol. The minimum atomic E-state index is 0.835. The standard InChI is InChI=1S/C10H14N2O/c1-2-10-4-3-9(1)12(10)5-8-6-13-7-11-8/h6-7,9-10H,1-5H2. The molecule has 2 aliphatic rings. The molecule has 0 atom stereocenters. The fraction of sp³-hybridized carbons (Fsp3) is 0.700. The van der Waals surface area contributed by atoms with Crippen molar-refractivity contribution in [1.82, 2.24) is 9.88 Å². The van der Waals surface area contributed by atoms with Crippen LogP contribution < -0.4 is 0 Å². The zero-order chi connectivity index (χ0) is 8.67. The molecule has 0 N–H and O–H groups in total. The van der Waals surface area contributed by atoms with Crippen LogP contribution >= 0.6 is 0 Å². The summed E-state index contributed by atoms with van der Waals surface area (Å²) in [5.41, 5.74) is 1.08. The molecule has 0 aliphatic carbocycles. The molecule has 0 saturated carbocycles. The lowest BCUT2D eigenvalue weighted by Gasteiger charge is -2.19. The molecule has 1 aromatic heterocycles. The normalized spacial score (nSPS) is 32.9. The highest BCUT2D eigenvalue weighted by Gasteiger charge is 2.39. The zero-order valence-corrected chi connectivity index (χ0v) is 7.65. The van der Waals surface area contributed by atoms with Crippen molar-refractivity contribution < 1.29 is 4.42 Å². The summed E-state index contributed by atoms with van der Waals surface area (Å²) < 4.78 is 4.98. The van der Waals surface area contributed by atoms with Gasteiger partial charge in [0, 0.05) is 18.6 Å². The minimum absolute atomic E-state index is 0.835. The van der Waals surface area contributed by atoms with Gasteiger partial charge in [-0.25, -0.2) is 4.98 Å². The van der Waals surface area contributed by atoms with Gasteiger partial charge in [-0.2, -0.15) is 0 Å². The van der Waals surface area contributed by atoms with E-state index in [1.165, 1.54) is 32.1 Å². The van der Waals surface area contributed by atoms with E-state index in [2.05, 4.69) is 9.88 Å². The summed E-state index contributed by atoms with van der Waals surface area (Å²) in [5.74, 6) is 0. The van der Waals surface area contributed by atoms with Crippen molar-refractivity contribution in [2.75, 3.05) is 0 Å². The third-order valence-electron chi connectivity index (χ3n) is 3.43. The second-order valence-corrected chi connectivity index (χ2v) is 4.11. The lowest BCUT2D eigenvalue weighted by Crippen LogP contribution is -2.27. The van der Waals surface area contributed by atoms with E-state index in [1.807, 2.05) is 0 Å². The van der Waals surface area contributed by atoms with Crippen LogP contribution in [0.25, 0.3) is 0 Å². The molecule has 0 amide bonds. The molecule has 3 nitrogen and oxygen atoms in total. The summed E-state index contributed by atoms with van der Waals surface area (Å²) in [5, 5.41) is 0. The summed E-state index contributed by atoms with van der Waals surface area (Å²) in [6.45, 7) is 0.992. The molecule has 0 spiro atoms. The molecule has 2 saturated heterocycles. The van der Waals surface area contributed by atoms with E-state index in [0.717, 1.165) is 24.3 Å². The first-order valence-corrected chi connectivity index (χ1v) is 5.06. The number of hydrogen-bond donors (Lipinski definition) is 0. The van der Waals surface area contributed by atoms with Gasteiger partial charge in [-0.15, -0.1) is 0 Å². The van der Waals surface area contributed by atoms with Gasteiger partial charge < -0.3 is 4.42 Å². The van der Waals surface area contributed by atoms with Crippen LogP contribution in [0.4, 0.5) is 0 Å². The van der Waals surface area contributed by atoms with Gasteiger partial charge in [0.15, 0.2) is 6.39 Å². The Hall–Kier alpha value is -0.830. The van der Waals surface area contributed by atoms with E-state index in [-0.39, 0.29) is 0 Å². The number of hydrogen-bond acceptors (Lipinski definition) is 3. The van der Waals surface area contributed by atoms with Crippen molar-refractivity contribution >= 4 is 0 Å². The second kappa shape index (κ2) is 2.84. The SMILES string of the molecule is c1nc(CN2C3CCC2CC3)co1. The van der Waals surface area contributed by atoms with Crippen LogP contribution in [0.1, 0.15) is 31.4 Å². The molecule has 2 aliphatic heterocycles. The van der Waals surface area contributed by atoms with Crippen LogP contribution in [0, 0.1) is 0 Å². The average Bonchev–Trinajstić information content (AvgIpc) is 2.85. The Morgan fingerprint density at radius 2 is 2.00 bits per heavy atom. The minimum Gasteiger partial charge on any atom is -0.451 e. The first-order valence-electron chi connectivity index (χ1n) is 5.06. The molecule has 0 aromatic carbocycles. The van der Waals surface area contributed by atoms with Crippen LogP contribution in [-0.2, 0) is 6.54 Å². The van der Waals surface area contributed by atoms with Gasteiger partial charge in [0.05, 0.1) is 5.69 Å². The Kier molecular flexibility index (Phi) is 1.65. The Morgan fingerprint density at radius 3 is 2.54 bits per heavy atom. The Bertz CT molecular complexity index is 263. The van der Waals surface area contributed by atoms with Gasteiger partial charge in [-0.05, 0) is 25.7 Å². The zero-order valence-electron chi connectivity index (χ0n) is 7.65. The third kappa shape index (κ3) is 1.18. The van der Waals surface area contributed by atoms with E-state index >= 15 is 0 Å². The van der Waals surface area contributed by atoms with E-state index in [9.17, 15) is 0 Å². The van der Waals surface area contributed by atoms with Crippen molar-refractivity contribution in [2.24, 2.45) is 0 Å². The smallest absolute Gasteiger partial charge is 0.180 e. The highest BCUT2D eigenvalue weighted by molar-refractivity contribution is 5.00. The molecule has 3 heterocycles. The molecule has 13 heavy (non-hydrogen) atoms. The van der Waals surface area contributed by atoms with Gasteiger partial charge in [-0.3, -0.25) is 4.90 Å². The average molecular weight is 178 g/mol. The van der Waals surface area contributed by atoms with Crippen LogP contribution in [-0.4, -0.2) is 22.0 Å². The van der Waals surface area contributed by atoms with Gasteiger partial charge in [0.1, 0.15) is 6.26 Å². The Labute approximate surface area is 77.7 Å². The predicted molar refractivity (Wildman–Crippen MR) is 48.1 cm³/mol. The monoisotopic (exact) mass is 178 g/mol. The van der Waals surface area contributed by atoms with Gasteiger partial charge in [0.2, 0.25) is 0 Å². The lowest BCUT2D eigenvalue weighted by atomic mass is 10.0. The van der Waals surface area contributed by atoms with Crippen LogP contribution in [0.2, 0.25) is 0 Å². The molecule has 70 valence electrons. The van der Waals surface area contributed by atoms with Crippen molar-refractivity contribution in [3.63, 3.8) is 0 Å². The largest absolute Gasteiger partial charge is 0.451 e. The van der Waals surface area contributed by atoms with Gasteiger partial charge in [0.25, 0.3) is 0 Å². The third-order valence-corrected chi connectivity index (χ3v) is 3.43. The van der Waals surface area contributed by atoms with Gasteiger partial charge in [-0.1, -0.05) is 0 Å². The number of aromatic nitrogens is 1. The summed E-state index contributed by atoms with van der Waals surface area (Å²) in [6.07, 6.45) is 8.85. The highest BCUT2D eigenvalue weighted by Crippen LogP contribution is 2.38. The summed E-state index contributed by atoms with van der Waals surface area (Å²) >= 11 is 0. The molecule has 3 rings (SSSR count). The van der Waals surface area contributed by atoms with Crippen LogP contribution in [0.15, 0.2) is 17.1 Å². The van der Waals surface area contributed by atoms with Crippen molar-refractivity contribution in [2.45, 2.75) is 44.3 Å². The number of fused-ring (bicyclic) bond motifs is 2. The molecule has 3 heteroatoms. The Morgan fingerprint density at radius 1 is 1.31 bits per heavy atom. The second-order valence-electron chi connectivity index (χ2n) is 4.11. The maximum absolute atomic E-state index is 4.98. The molecule has 2 bridgehead atoms. The van der Waals surface area contributed by atoms with Crippen molar-refractivity contribution in [3.8, 4) is 0 Å². The summed E-state index contributed by atoms with van der Waals surface area (Å²) in [6, 6.07) is 1.67. The van der Waals surface area contributed by atoms with E-state index in [1.54, 1.807) is 6.26 Å². The molecule has 0 unspecified atom stereocenters. The number of oxazole rings is 1. The van der Waals surface area contributed by atoms with Gasteiger partial charge >= 0.3 is 0 Å². The molecule has 1 aromatic rings. The Balaban J connectivity index is 1.73. The van der Waals surface area contributed by atoms with Crippen LogP contribution in [0.3, 0.4) is 0 Å². The number of rotatable bonds is 2. The fourth-order valence-corrected chi connectivity index (χ4v) is 2.78. The topological polar surface area (TPSA) is 29.3 Å². The fourth-order valence-electron chi connectivity index (χ4n) is 2.78. The summed E-state index contributed by atoms with van der Waals surface area (Å²) in [4.78, 5) is 6.76. The first kappa shape index (κ1) is 7.56. The number of nitrogens with zero attached hydrogens (tertiary/aromatic N) is 2. The molecular formula is C10H14N2O. The summed E-state index contributed by atoms with van der Waals surface area (Å²) in [7, 11) is 0. The van der Waals surface area contributed by atoms with E-state index < -0.39 is 0 Å². The molecule has 2 fully saturated rings. The van der Waals surface area contributed by atoms with Crippen LogP contribution in [0.5, 0.6) is 0 Å². The first-order chi connectivity index (χ1) is 6.43. The maximum atomic E-state index is 4.98. The van der Waals surface area contributed by atoms with E-state index in [0.29, 0.717) is 0 Å². The van der Waals surface area contributed by atoms with E-state index in [4.69, 9.17) is 4.42 Å². The predicted octanol–water partition coefficient (Wildman–Crippen LogP) is 1.80. The maximum Gasteiger partial charge on any atom is 0.180 e.